The van der Waals surface area contributed by atoms with Crippen LogP contribution in [-0.2, 0) is 9.59 Å². The van der Waals surface area contributed by atoms with E-state index in [2.05, 4.69) is 19.8 Å². The quantitative estimate of drug-likeness (QED) is 0.569. The number of anilines is 1. The fourth-order valence-corrected chi connectivity index (χ4v) is 3.51. The molecule has 136 valence electrons. The maximum atomic E-state index is 12.0. The number of unbranched alkanes of at least 4 members (excludes halogenated alkanes) is 1. The van der Waals surface area contributed by atoms with E-state index in [1.54, 1.807) is 12.4 Å². The SMILES string of the molecule is CC1CC(=O)N(CCCCN2CCN(c3ncccn3)CC2)C(=O)C1. The molecule has 0 spiro atoms. The van der Waals surface area contributed by atoms with E-state index in [0.717, 1.165) is 51.5 Å². The summed E-state index contributed by atoms with van der Waals surface area (Å²) in [5.74, 6) is 1.00. The van der Waals surface area contributed by atoms with Crippen LogP contribution in [0.1, 0.15) is 32.6 Å². The molecule has 7 heteroatoms. The van der Waals surface area contributed by atoms with Crippen molar-refractivity contribution in [3.63, 3.8) is 0 Å². The maximum absolute atomic E-state index is 12.0. The highest BCUT2D eigenvalue weighted by atomic mass is 16.2. The average molecular weight is 345 g/mol. The van der Waals surface area contributed by atoms with Gasteiger partial charge in [0.15, 0.2) is 0 Å². The van der Waals surface area contributed by atoms with Crippen molar-refractivity contribution in [2.75, 3.05) is 44.2 Å². The molecule has 1 aromatic rings. The lowest BCUT2D eigenvalue weighted by Gasteiger charge is -2.34. The standard InChI is InChI=1S/C18H27N5O2/c1-15-13-16(24)23(17(25)14-15)8-3-2-7-21-9-11-22(12-10-21)18-19-5-4-6-20-18/h4-6,15H,2-3,7-14H2,1H3. The van der Waals surface area contributed by atoms with Gasteiger partial charge in [-0.25, -0.2) is 9.97 Å². The second kappa shape index (κ2) is 8.38. The molecule has 2 fully saturated rings. The van der Waals surface area contributed by atoms with Gasteiger partial charge in [0, 0.05) is 58.0 Å². The van der Waals surface area contributed by atoms with Crippen LogP contribution in [0.15, 0.2) is 18.5 Å². The van der Waals surface area contributed by atoms with E-state index in [9.17, 15) is 9.59 Å². The van der Waals surface area contributed by atoms with Crippen LogP contribution in [0.5, 0.6) is 0 Å². The molecular weight excluding hydrogens is 318 g/mol. The van der Waals surface area contributed by atoms with E-state index in [4.69, 9.17) is 0 Å². The zero-order chi connectivity index (χ0) is 17.6. The van der Waals surface area contributed by atoms with Crippen molar-refractivity contribution >= 4 is 17.8 Å². The van der Waals surface area contributed by atoms with Crippen LogP contribution >= 0.6 is 0 Å². The van der Waals surface area contributed by atoms with Gasteiger partial charge in [-0.1, -0.05) is 6.92 Å². The van der Waals surface area contributed by atoms with Crippen molar-refractivity contribution in [1.29, 1.82) is 0 Å². The summed E-state index contributed by atoms with van der Waals surface area (Å²) in [6.45, 7) is 7.41. The van der Waals surface area contributed by atoms with Gasteiger partial charge < -0.3 is 4.90 Å². The Balaban J connectivity index is 1.34. The van der Waals surface area contributed by atoms with Crippen LogP contribution in [-0.4, -0.2) is 70.9 Å². The highest BCUT2D eigenvalue weighted by molar-refractivity contribution is 5.97. The number of hydrogen-bond donors (Lipinski definition) is 0. The number of nitrogens with zero attached hydrogens (tertiary/aromatic N) is 5. The molecule has 2 saturated heterocycles. The molecule has 25 heavy (non-hydrogen) atoms. The van der Waals surface area contributed by atoms with Crippen molar-refractivity contribution in [2.24, 2.45) is 5.92 Å². The Morgan fingerprint density at radius 1 is 0.960 bits per heavy atom. The Hall–Kier alpha value is -2.02. The summed E-state index contributed by atoms with van der Waals surface area (Å²) in [5.41, 5.74) is 0. The van der Waals surface area contributed by atoms with Gasteiger partial charge in [0.1, 0.15) is 0 Å². The van der Waals surface area contributed by atoms with Gasteiger partial charge in [0.2, 0.25) is 17.8 Å². The van der Waals surface area contributed by atoms with E-state index >= 15 is 0 Å². The van der Waals surface area contributed by atoms with Crippen molar-refractivity contribution in [1.82, 2.24) is 19.8 Å². The molecule has 2 aliphatic heterocycles. The van der Waals surface area contributed by atoms with E-state index in [1.165, 1.54) is 4.90 Å². The van der Waals surface area contributed by atoms with Crippen molar-refractivity contribution in [3.05, 3.63) is 18.5 Å². The lowest BCUT2D eigenvalue weighted by atomic mass is 9.97. The third-order valence-corrected chi connectivity index (χ3v) is 4.96. The minimum absolute atomic E-state index is 0.000209. The largest absolute Gasteiger partial charge is 0.338 e. The topological polar surface area (TPSA) is 69.6 Å². The molecule has 0 aromatic carbocycles. The van der Waals surface area contributed by atoms with Crippen molar-refractivity contribution < 1.29 is 9.59 Å². The van der Waals surface area contributed by atoms with E-state index in [0.29, 0.717) is 19.4 Å². The summed E-state index contributed by atoms with van der Waals surface area (Å²) in [4.78, 5) is 38.6. The predicted molar refractivity (Wildman–Crippen MR) is 95.0 cm³/mol. The number of aromatic nitrogens is 2. The normalized spacial score (nSPS) is 20.4. The Kier molecular flexibility index (Phi) is 5.96. The molecule has 0 saturated carbocycles. The summed E-state index contributed by atoms with van der Waals surface area (Å²) in [5, 5.41) is 0. The second-order valence-corrected chi connectivity index (χ2v) is 7.04. The summed E-state index contributed by atoms with van der Waals surface area (Å²) >= 11 is 0. The number of carbonyl (C=O) groups is 2. The Morgan fingerprint density at radius 3 is 2.20 bits per heavy atom. The van der Waals surface area contributed by atoms with Crippen LogP contribution in [0.25, 0.3) is 0 Å². The smallest absolute Gasteiger partial charge is 0.229 e. The number of piperazine rings is 1. The van der Waals surface area contributed by atoms with Crippen LogP contribution in [0, 0.1) is 5.92 Å². The van der Waals surface area contributed by atoms with Gasteiger partial charge in [-0.15, -0.1) is 0 Å². The summed E-state index contributed by atoms with van der Waals surface area (Å²) in [6.07, 6.45) is 6.46. The van der Waals surface area contributed by atoms with Gasteiger partial charge in [-0.05, 0) is 31.4 Å². The number of hydrogen-bond acceptors (Lipinski definition) is 6. The minimum atomic E-state index is 0.000209. The molecule has 3 heterocycles. The van der Waals surface area contributed by atoms with Crippen LogP contribution in [0.3, 0.4) is 0 Å². The van der Waals surface area contributed by atoms with Crippen molar-refractivity contribution in [3.8, 4) is 0 Å². The molecule has 2 amide bonds. The molecule has 3 rings (SSSR count). The molecule has 7 nitrogen and oxygen atoms in total. The van der Waals surface area contributed by atoms with Gasteiger partial charge in [-0.2, -0.15) is 0 Å². The Labute approximate surface area is 149 Å². The van der Waals surface area contributed by atoms with Gasteiger partial charge in [-0.3, -0.25) is 19.4 Å². The molecule has 0 atom stereocenters. The second-order valence-electron chi connectivity index (χ2n) is 7.04. The number of imide groups is 1. The van der Waals surface area contributed by atoms with E-state index in [-0.39, 0.29) is 17.7 Å². The molecule has 0 bridgehead atoms. The van der Waals surface area contributed by atoms with Gasteiger partial charge >= 0.3 is 0 Å². The number of piperidine rings is 1. The third-order valence-electron chi connectivity index (χ3n) is 4.96. The summed E-state index contributed by atoms with van der Waals surface area (Å²) < 4.78 is 0. The number of carbonyl (C=O) groups excluding carboxylic acids is 2. The maximum Gasteiger partial charge on any atom is 0.229 e. The first-order valence-corrected chi connectivity index (χ1v) is 9.21. The molecule has 0 aliphatic carbocycles. The fraction of sp³-hybridized carbons (Fsp3) is 0.667. The van der Waals surface area contributed by atoms with Gasteiger partial charge in [0.25, 0.3) is 0 Å². The zero-order valence-electron chi connectivity index (χ0n) is 14.9. The highest BCUT2D eigenvalue weighted by Crippen LogP contribution is 2.19. The number of amides is 2. The molecule has 0 unspecified atom stereocenters. The lowest BCUT2D eigenvalue weighted by Crippen LogP contribution is -2.47. The number of likely N-dealkylation sites (tertiary alicyclic amines) is 1. The summed E-state index contributed by atoms with van der Waals surface area (Å²) in [6, 6.07) is 1.83. The highest BCUT2D eigenvalue weighted by Gasteiger charge is 2.29. The first-order chi connectivity index (χ1) is 12.1. The lowest BCUT2D eigenvalue weighted by molar-refractivity contribution is -0.149. The number of rotatable bonds is 6. The average Bonchev–Trinajstić information content (AvgIpc) is 2.61. The monoisotopic (exact) mass is 345 g/mol. The van der Waals surface area contributed by atoms with Crippen molar-refractivity contribution in [2.45, 2.75) is 32.6 Å². The molecule has 1 aromatic heterocycles. The first-order valence-electron chi connectivity index (χ1n) is 9.21. The molecular formula is C18H27N5O2. The van der Waals surface area contributed by atoms with E-state index in [1.807, 2.05) is 13.0 Å². The third kappa shape index (κ3) is 4.75. The summed E-state index contributed by atoms with van der Waals surface area (Å²) in [7, 11) is 0. The predicted octanol–water partition coefficient (Wildman–Crippen LogP) is 1.16. The Morgan fingerprint density at radius 2 is 1.56 bits per heavy atom. The van der Waals surface area contributed by atoms with Gasteiger partial charge in [0.05, 0.1) is 0 Å². The van der Waals surface area contributed by atoms with Crippen LogP contribution in [0.4, 0.5) is 5.95 Å². The molecule has 0 radical (unpaired) electrons. The minimum Gasteiger partial charge on any atom is -0.338 e. The van der Waals surface area contributed by atoms with Crippen LogP contribution in [0.2, 0.25) is 0 Å². The zero-order valence-corrected chi connectivity index (χ0v) is 14.9. The first kappa shape index (κ1) is 17.8. The van der Waals surface area contributed by atoms with E-state index < -0.39 is 0 Å². The fourth-order valence-electron chi connectivity index (χ4n) is 3.51. The molecule has 2 aliphatic rings. The van der Waals surface area contributed by atoms with Crippen LogP contribution < -0.4 is 4.90 Å². The Bertz CT molecular complexity index is 568. The molecule has 0 N–H and O–H groups in total.